The van der Waals surface area contributed by atoms with Gasteiger partial charge in [-0.15, -0.1) is 0 Å². The lowest BCUT2D eigenvalue weighted by Gasteiger charge is -2.46. The van der Waals surface area contributed by atoms with Crippen molar-refractivity contribution >= 4 is 21.6 Å². The predicted octanol–water partition coefficient (Wildman–Crippen LogP) is 4.61. The van der Waals surface area contributed by atoms with Crippen LogP contribution >= 0.6 is 15.9 Å². The van der Waals surface area contributed by atoms with E-state index in [-0.39, 0.29) is 0 Å². The van der Waals surface area contributed by atoms with Crippen molar-refractivity contribution in [2.75, 3.05) is 18.0 Å². The van der Waals surface area contributed by atoms with Crippen molar-refractivity contribution in [1.29, 1.82) is 0 Å². The Balaban J connectivity index is 2.31. The molecule has 0 radical (unpaired) electrons. The normalized spacial score (nSPS) is 24.4. The maximum Gasteiger partial charge on any atom is 0.0516 e. The number of halogens is 1. The van der Waals surface area contributed by atoms with Crippen LogP contribution in [-0.2, 0) is 0 Å². The van der Waals surface area contributed by atoms with Gasteiger partial charge in [0.2, 0.25) is 0 Å². The maximum absolute atomic E-state index is 3.78. The molecule has 2 rings (SSSR count). The van der Waals surface area contributed by atoms with E-state index in [2.05, 4.69) is 79.0 Å². The summed E-state index contributed by atoms with van der Waals surface area (Å²) in [5.74, 6) is 1.35. The Morgan fingerprint density at radius 2 is 2.05 bits per heavy atom. The van der Waals surface area contributed by atoms with Crippen LogP contribution in [0.2, 0.25) is 0 Å². The first kappa shape index (κ1) is 16.8. The van der Waals surface area contributed by atoms with E-state index in [1.165, 1.54) is 22.1 Å². The number of hydrogen-bond donors (Lipinski definition) is 1. The van der Waals surface area contributed by atoms with E-state index in [0.29, 0.717) is 23.9 Å². The van der Waals surface area contributed by atoms with Crippen LogP contribution in [0.5, 0.6) is 0 Å². The minimum atomic E-state index is 0.559. The maximum atomic E-state index is 3.78. The van der Waals surface area contributed by atoms with E-state index in [9.17, 15) is 0 Å². The van der Waals surface area contributed by atoms with E-state index < -0.39 is 0 Å². The molecule has 0 bridgehead atoms. The van der Waals surface area contributed by atoms with Gasteiger partial charge in [0.05, 0.1) is 5.69 Å². The highest BCUT2D eigenvalue weighted by Crippen LogP contribution is 2.32. The standard InChI is InChI=1S/C18H29BrN2/c1-6-14(5)16-11-21(18(10-20-16)12(2)3)17-9-13(4)7-8-15(17)19/h7-9,12,14,16,18,20H,6,10-11H2,1-5H3. The summed E-state index contributed by atoms with van der Waals surface area (Å²) in [6.45, 7) is 13.6. The van der Waals surface area contributed by atoms with Crippen LogP contribution in [-0.4, -0.2) is 25.2 Å². The average molecular weight is 353 g/mol. The fourth-order valence-corrected chi connectivity index (χ4v) is 3.65. The van der Waals surface area contributed by atoms with Crippen LogP contribution in [0, 0.1) is 18.8 Å². The lowest BCUT2D eigenvalue weighted by atomic mass is 9.91. The van der Waals surface area contributed by atoms with E-state index >= 15 is 0 Å². The first-order valence-corrected chi connectivity index (χ1v) is 8.99. The Morgan fingerprint density at radius 3 is 2.67 bits per heavy atom. The highest BCUT2D eigenvalue weighted by Gasteiger charge is 2.32. The molecule has 0 saturated carbocycles. The molecule has 0 aliphatic carbocycles. The molecule has 1 aromatic rings. The topological polar surface area (TPSA) is 15.3 Å². The molecule has 3 unspecified atom stereocenters. The number of nitrogens with one attached hydrogen (secondary N) is 1. The Bertz CT molecular complexity index is 472. The molecule has 1 aromatic carbocycles. The monoisotopic (exact) mass is 352 g/mol. The zero-order valence-electron chi connectivity index (χ0n) is 14.0. The Kier molecular flexibility index (Phi) is 5.73. The van der Waals surface area contributed by atoms with Crippen LogP contribution in [0.15, 0.2) is 22.7 Å². The van der Waals surface area contributed by atoms with Crippen molar-refractivity contribution in [3.8, 4) is 0 Å². The van der Waals surface area contributed by atoms with Crippen LogP contribution in [0.4, 0.5) is 5.69 Å². The lowest BCUT2D eigenvalue weighted by Crippen LogP contribution is -2.60. The quantitative estimate of drug-likeness (QED) is 0.851. The fraction of sp³-hybridized carbons (Fsp3) is 0.667. The number of hydrogen-bond acceptors (Lipinski definition) is 2. The fourth-order valence-electron chi connectivity index (χ4n) is 3.18. The summed E-state index contributed by atoms with van der Waals surface area (Å²) in [5, 5.41) is 3.78. The van der Waals surface area contributed by atoms with Gasteiger partial charge in [0, 0.05) is 29.6 Å². The van der Waals surface area contributed by atoms with Crippen molar-refractivity contribution in [3.63, 3.8) is 0 Å². The van der Waals surface area contributed by atoms with Crippen LogP contribution in [0.25, 0.3) is 0 Å². The first-order chi connectivity index (χ1) is 9.93. The molecule has 21 heavy (non-hydrogen) atoms. The SMILES string of the molecule is CCC(C)C1CN(c2cc(C)ccc2Br)C(C(C)C)CN1. The second-order valence-electron chi connectivity index (χ2n) is 6.82. The second-order valence-corrected chi connectivity index (χ2v) is 7.67. The highest BCUT2D eigenvalue weighted by molar-refractivity contribution is 9.10. The molecule has 3 heteroatoms. The highest BCUT2D eigenvalue weighted by atomic mass is 79.9. The molecule has 1 saturated heterocycles. The lowest BCUT2D eigenvalue weighted by molar-refractivity contribution is 0.281. The van der Waals surface area contributed by atoms with Crippen molar-refractivity contribution in [2.24, 2.45) is 11.8 Å². The molecule has 3 atom stereocenters. The third-order valence-electron chi connectivity index (χ3n) is 4.89. The van der Waals surface area contributed by atoms with Gasteiger partial charge < -0.3 is 10.2 Å². The first-order valence-electron chi connectivity index (χ1n) is 8.20. The van der Waals surface area contributed by atoms with Crippen LogP contribution < -0.4 is 10.2 Å². The molecular weight excluding hydrogens is 324 g/mol. The minimum Gasteiger partial charge on any atom is -0.365 e. The molecule has 0 amide bonds. The number of rotatable bonds is 4. The molecule has 0 aromatic heterocycles. The summed E-state index contributed by atoms with van der Waals surface area (Å²) >= 11 is 3.75. The smallest absolute Gasteiger partial charge is 0.0516 e. The zero-order chi connectivity index (χ0) is 15.6. The van der Waals surface area contributed by atoms with Crippen molar-refractivity contribution < 1.29 is 0 Å². The number of nitrogens with zero attached hydrogens (tertiary/aromatic N) is 1. The third kappa shape index (κ3) is 3.81. The van der Waals surface area contributed by atoms with E-state index in [0.717, 1.165) is 13.1 Å². The van der Waals surface area contributed by atoms with Gasteiger partial charge in [-0.3, -0.25) is 0 Å². The van der Waals surface area contributed by atoms with Gasteiger partial charge in [0.25, 0.3) is 0 Å². The Morgan fingerprint density at radius 1 is 1.33 bits per heavy atom. The summed E-state index contributed by atoms with van der Waals surface area (Å²) in [7, 11) is 0. The summed E-state index contributed by atoms with van der Waals surface area (Å²) < 4.78 is 1.21. The molecule has 1 N–H and O–H groups in total. The molecule has 1 aliphatic heterocycles. The van der Waals surface area contributed by atoms with Crippen molar-refractivity contribution in [2.45, 2.75) is 53.1 Å². The summed E-state index contributed by atoms with van der Waals surface area (Å²) in [6.07, 6.45) is 1.23. The van der Waals surface area contributed by atoms with E-state index in [1.54, 1.807) is 0 Å². The van der Waals surface area contributed by atoms with Gasteiger partial charge in [-0.05, 0) is 52.4 Å². The summed E-state index contributed by atoms with van der Waals surface area (Å²) in [4.78, 5) is 2.62. The van der Waals surface area contributed by atoms with Gasteiger partial charge in [-0.2, -0.15) is 0 Å². The number of aryl methyl sites for hydroxylation is 1. The molecule has 2 nitrogen and oxygen atoms in total. The molecular formula is C18H29BrN2. The second kappa shape index (κ2) is 7.15. The van der Waals surface area contributed by atoms with Crippen molar-refractivity contribution in [1.82, 2.24) is 5.32 Å². The largest absolute Gasteiger partial charge is 0.365 e. The van der Waals surface area contributed by atoms with Crippen LogP contribution in [0.1, 0.15) is 39.7 Å². The number of piperazine rings is 1. The van der Waals surface area contributed by atoms with Gasteiger partial charge in [-0.25, -0.2) is 0 Å². The number of benzene rings is 1. The molecule has 1 aliphatic rings. The van der Waals surface area contributed by atoms with E-state index in [1.807, 2.05) is 0 Å². The van der Waals surface area contributed by atoms with Crippen molar-refractivity contribution in [3.05, 3.63) is 28.2 Å². The minimum absolute atomic E-state index is 0.559. The molecule has 0 spiro atoms. The molecule has 118 valence electrons. The summed E-state index contributed by atoms with van der Waals surface area (Å²) in [6, 6.07) is 7.81. The van der Waals surface area contributed by atoms with Gasteiger partial charge in [0.1, 0.15) is 0 Å². The van der Waals surface area contributed by atoms with E-state index in [4.69, 9.17) is 0 Å². The van der Waals surface area contributed by atoms with Gasteiger partial charge in [0.15, 0.2) is 0 Å². The third-order valence-corrected chi connectivity index (χ3v) is 5.56. The predicted molar refractivity (Wildman–Crippen MR) is 96.1 cm³/mol. The Labute approximate surface area is 138 Å². The zero-order valence-corrected chi connectivity index (χ0v) is 15.6. The summed E-state index contributed by atoms with van der Waals surface area (Å²) in [5.41, 5.74) is 2.68. The van der Waals surface area contributed by atoms with Crippen LogP contribution in [0.3, 0.4) is 0 Å². The van der Waals surface area contributed by atoms with Gasteiger partial charge in [-0.1, -0.05) is 40.2 Å². The Hall–Kier alpha value is -0.540. The average Bonchev–Trinajstić information content (AvgIpc) is 2.48. The number of anilines is 1. The van der Waals surface area contributed by atoms with Gasteiger partial charge >= 0.3 is 0 Å². The molecule has 1 fully saturated rings. The molecule has 1 heterocycles.